The lowest BCUT2D eigenvalue weighted by Gasteiger charge is -2.00. The van der Waals surface area contributed by atoms with Crippen molar-refractivity contribution in [1.29, 1.82) is 0 Å². The van der Waals surface area contributed by atoms with Crippen molar-refractivity contribution in [2.75, 3.05) is 0 Å². The van der Waals surface area contributed by atoms with Crippen molar-refractivity contribution in [2.45, 2.75) is 6.61 Å². The van der Waals surface area contributed by atoms with E-state index in [4.69, 9.17) is 9.15 Å². The molecule has 0 saturated carbocycles. The van der Waals surface area contributed by atoms with E-state index >= 15 is 0 Å². The van der Waals surface area contributed by atoms with Crippen LogP contribution in [-0.4, -0.2) is 5.97 Å². The summed E-state index contributed by atoms with van der Waals surface area (Å²) in [5.41, 5.74) is 0.979. The fraction of sp³-hybridized carbons (Fsp3) is 0.0625. The quantitative estimate of drug-likeness (QED) is 0.616. The molecule has 1 aromatic heterocycles. The van der Waals surface area contributed by atoms with Crippen LogP contribution in [0.15, 0.2) is 72.4 Å². The number of carbonyl (C=O) groups excluding carboxylic acids is 1. The lowest BCUT2D eigenvalue weighted by atomic mass is 10.2. The lowest BCUT2D eigenvalue weighted by Crippen LogP contribution is -1.99. The summed E-state index contributed by atoms with van der Waals surface area (Å²) < 4.78 is 9.68. The molecule has 0 aliphatic rings. The minimum absolute atomic E-state index is 0.311. The molecular weight excluding hydrogens is 240 g/mol. The summed E-state index contributed by atoms with van der Waals surface area (Å²) in [6.45, 7) is 7.12. The van der Waals surface area contributed by atoms with Gasteiger partial charge in [0.25, 0.3) is 0 Å². The molecule has 0 amide bonds. The molecular formula is C16H16O3. The fourth-order valence-corrected chi connectivity index (χ4v) is 1.20. The molecule has 1 heterocycles. The summed E-state index contributed by atoms with van der Waals surface area (Å²) in [5, 5.41) is 0. The van der Waals surface area contributed by atoms with Gasteiger partial charge >= 0.3 is 5.97 Å². The molecule has 0 spiro atoms. The Kier molecular flexibility index (Phi) is 6.51. The van der Waals surface area contributed by atoms with Crippen LogP contribution in [0.2, 0.25) is 0 Å². The van der Waals surface area contributed by atoms with Gasteiger partial charge < -0.3 is 9.15 Å². The molecule has 0 aliphatic heterocycles. The van der Waals surface area contributed by atoms with Crippen LogP contribution in [0.4, 0.5) is 0 Å². The predicted molar refractivity (Wildman–Crippen MR) is 75.2 cm³/mol. The van der Waals surface area contributed by atoms with Crippen LogP contribution in [0.5, 0.6) is 0 Å². The number of furan rings is 1. The summed E-state index contributed by atoms with van der Waals surface area (Å²) >= 11 is 0. The Bertz CT molecular complexity index is 498. The van der Waals surface area contributed by atoms with Crippen LogP contribution < -0.4 is 0 Å². The molecule has 0 fully saturated rings. The predicted octanol–water partition coefficient (Wildman–Crippen LogP) is 3.84. The van der Waals surface area contributed by atoms with E-state index in [1.165, 1.54) is 0 Å². The molecule has 0 atom stereocenters. The highest BCUT2D eigenvalue weighted by Crippen LogP contribution is 2.00. The van der Waals surface area contributed by atoms with Gasteiger partial charge in [-0.05, 0) is 23.8 Å². The second kappa shape index (κ2) is 8.53. The Morgan fingerprint density at radius 2 is 1.89 bits per heavy atom. The third-order valence-corrected chi connectivity index (χ3v) is 2.13. The van der Waals surface area contributed by atoms with E-state index < -0.39 is 0 Å². The lowest BCUT2D eigenvalue weighted by molar-refractivity contribution is -0.138. The maximum absolute atomic E-state index is 10.6. The van der Waals surface area contributed by atoms with Crippen molar-refractivity contribution in [2.24, 2.45) is 0 Å². The minimum atomic E-state index is -0.390. The molecule has 0 saturated heterocycles. The van der Waals surface area contributed by atoms with E-state index in [1.807, 2.05) is 42.5 Å². The van der Waals surface area contributed by atoms with Gasteiger partial charge in [-0.15, -0.1) is 0 Å². The highest BCUT2D eigenvalue weighted by Gasteiger charge is 1.95. The summed E-state index contributed by atoms with van der Waals surface area (Å²) in [6.07, 6.45) is 4.44. The standard InChI is InChI=1S/C10H10O2.C6H6O/c1-2-10(11)12-8-9-6-4-3-5-7-9;1-2-6-4-3-5-7-6/h2-7H,1,8H2;2-5H,1H2. The first-order chi connectivity index (χ1) is 9.26. The first kappa shape index (κ1) is 14.5. The maximum atomic E-state index is 10.6. The van der Waals surface area contributed by atoms with Crippen molar-refractivity contribution >= 4 is 12.0 Å². The van der Waals surface area contributed by atoms with Gasteiger partial charge in [-0.2, -0.15) is 0 Å². The number of hydrogen-bond acceptors (Lipinski definition) is 3. The Labute approximate surface area is 112 Å². The molecule has 19 heavy (non-hydrogen) atoms. The van der Waals surface area contributed by atoms with Crippen LogP contribution in [0.1, 0.15) is 11.3 Å². The number of rotatable bonds is 4. The molecule has 2 aromatic rings. The maximum Gasteiger partial charge on any atom is 0.330 e. The van der Waals surface area contributed by atoms with Gasteiger partial charge in [0.05, 0.1) is 6.26 Å². The van der Waals surface area contributed by atoms with Crippen LogP contribution in [-0.2, 0) is 16.1 Å². The normalized spacial score (nSPS) is 8.84. The first-order valence-corrected chi connectivity index (χ1v) is 5.75. The van der Waals surface area contributed by atoms with Gasteiger partial charge in [0.1, 0.15) is 12.4 Å². The average molecular weight is 256 g/mol. The van der Waals surface area contributed by atoms with Crippen molar-refractivity contribution in [3.63, 3.8) is 0 Å². The summed E-state index contributed by atoms with van der Waals surface area (Å²) in [7, 11) is 0. The zero-order valence-electron chi connectivity index (χ0n) is 10.6. The minimum Gasteiger partial charge on any atom is -0.465 e. The molecule has 0 bridgehead atoms. The average Bonchev–Trinajstić information content (AvgIpc) is 3.00. The van der Waals surface area contributed by atoms with Crippen LogP contribution in [0, 0.1) is 0 Å². The van der Waals surface area contributed by atoms with Gasteiger partial charge in [-0.3, -0.25) is 0 Å². The number of carbonyl (C=O) groups is 1. The van der Waals surface area contributed by atoms with E-state index in [9.17, 15) is 4.79 Å². The fourth-order valence-electron chi connectivity index (χ4n) is 1.20. The topological polar surface area (TPSA) is 39.4 Å². The molecule has 3 heteroatoms. The van der Waals surface area contributed by atoms with E-state index in [0.29, 0.717) is 6.61 Å². The van der Waals surface area contributed by atoms with Gasteiger partial charge in [0.2, 0.25) is 0 Å². The molecule has 98 valence electrons. The van der Waals surface area contributed by atoms with E-state index in [-0.39, 0.29) is 5.97 Å². The van der Waals surface area contributed by atoms with Crippen LogP contribution >= 0.6 is 0 Å². The largest absolute Gasteiger partial charge is 0.465 e. The summed E-state index contributed by atoms with van der Waals surface area (Å²) in [5.74, 6) is 0.429. The van der Waals surface area contributed by atoms with Gasteiger partial charge in [-0.25, -0.2) is 4.79 Å². The second-order valence-corrected chi connectivity index (χ2v) is 3.52. The smallest absolute Gasteiger partial charge is 0.330 e. The second-order valence-electron chi connectivity index (χ2n) is 3.52. The van der Waals surface area contributed by atoms with E-state index in [1.54, 1.807) is 12.3 Å². The Balaban J connectivity index is 0.000000218. The van der Waals surface area contributed by atoms with Crippen molar-refractivity contribution in [3.8, 4) is 0 Å². The van der Waals surface area contributed by atoms with Crippen molar-refractivity contribution in [1.82, 2.24) is 0 Å². The SMILES string of the molecule is C=CC(=O)OCc1ccccc1.C=Cc1ccco1. The molecule has 1 aromatic carbocycles. The number of benzene rings is 1. The van der Waals surface area contributed by atoms with Crippen LogP contribution in [0.25, 0.3) is 6.08 Å². The van der Waals surface area contributed by atoms with E-state index in [0.717, 1.165) is 17.4 Å². The van der Waals surface area contributed by atoms with Gasteiger partial charge in [0.15, 0.2) is 0 Å². The number of ether oxygens (including phenoxy) is 1. The zero-order chi connectivity index (χ0) is 13.9. The summed E-state index contributed by atoms with van der Waals surface area (Å²) in [4.78, 5) is 10.6. The Morgan fingerprint density at radius 3 is 2.37 bits per heavy atom. The molecule has 0 aliphatic carbocycles. The molecule has 3 nitrogen and oxygen atoms in total. The first-order valence-electron chi connectivity index (χ1n) is 5.75. The monoisotopic (exact) mass is 256 g/mol. The molecule has 2 rings (SSSR count). The van der Waals surface area contributed by atoms with Crippen molar-refractivity contribution in [3.05, 3.63) is 79.3 Å². The molecule has 0 N–H and O–H groups in total. The number of esters is 1. The highest BCUT2D eigenvalue weighted by atomic mass is 16.5. The number of hydrogen-bond donors (Lipinski definition) is 0. The third-order valence-electron chi connectivity index (χ3n) is 2.13. The van der Waals surface area contributed by atoms with E-state index in [2.05, 4.69) is 13.2 Å². The molecule has 0 unspecified atom stereocenters. The molecule has 0 radical (unpaired) electrons. The van der Waals surface area contributed by atoms with Gasteiger partial charge in [-0.1, -0.05) is 43.5 Å². The van der Waals surface area contributed by atoms with Crippen molar-refractivity contribution < 1.29 is 13.9 Å². The Morgan fingerprint density at radius 1 is 1.16 bits per heavy atom. The van der Waals surface area contributed by atoms with Crippen LogP contribution in [0.3, 0.4) is 0 Å². The zero-order valence-corrected chi connectivity index (χ0v) is 10.6. The summed E-state index contributed by atoms with van der Waals surface area (Å²) in [6, 6.07) is 13.2. The third kappa shape index (κ3) is 6.07. The Hall–Kier alpha value is -2.55. The van der Waals surface area contributed by atoms with Gasteiger partial charge in [0, 0.05) is 6.08 Å². The highest BCUT2D eigenvalue weighted by molar-refractivity contribution is 5.81.